The van der Waals surface area contributed by atoms with Crippen LogP contribution in [0.2, 0.25) is 0 Å². The lowest BCUT2D eigenvalue weighted by molar-refractivity contribution is 0.357. The Morgan fingerprint density at radius 3 is 1.61 bits per heavy atom. The van der Waals surface area contributed by atoms with Crippen molar-refractivity contribution in [2.75, 3.05) is 12.3 Å². The molecule has 0 saturated heterocycles. The fourth-order valence-corrected chi connectivity index (χ4v) is 2.71. The highest BCUT2D eigenvalue weighted by Gasteiger charge is 2.32. The van der Waals surface area contributed by atoms with Crippen LogP contribution in [0.1, 0.15) is 6.42 Å². The van der Waals surface area contributed by atoms with E-state index in [4.69, 9.17) is 5.73 Å². The summed E-state index contributed by atoms with van der Waals surface area (Å²) in [6.45, 7) is -0.103. The maximum absolute atomic E-state index is 13.2. The van der Waals surface area contributed by atoms with Gasteiger partial charge in [-0.15, -0.1) is 0 Å². The van der Waals surface area contributed by atoms with Crippen molar-refractivity contribution in [3.63, 3.8) is 0 Å². The fourth-order valence-electron chi connectivity index (χ4n) is 1.23. The second-order valence-electron chi connectivity index (χ2n) is 3.36. The molecule has 2 N–H and O–H groups in total. The highest BCUT2D eigenvalue weighted by Crippen LogP contribution is 2.27. The van der Waals surface area contributed by atoms with Crippen LogP contribution in [0.25, 0.3) is 0 Å². The van der Waals surface area contributed by atoms with Gasteiger partial charge in [-0.1, -0.05) is 0 Å². The summed E-state index contributed by atoms with van der Waals surface area (Å²) >= 11 is 0. The average molecular weight is 289 g/mol. The molecule has 0 aliphatic carbocycles. The number of hydrogen-bond donors (Lipinski definition) is 1. The van der Waals surface area contributed by atoms with E-state index in [-0.39, 0.29) is 13.0 Å². The SMILES string of the molecule is NCCCS(=O)(=O)c1c(F)c(F)c(F)c(F)c1F. The minimum absolute atomic E-state index is 0.103. The van der Waals surface area contributed by atoms with Crippen LogP contribution in [0, 0.1) is 29.1 Å². The van der Waals surface area contributed by atoms with Crippen LogP contribution in [0.5, 0.6) is 0 Å². The molecule has 0 amide bonds. The van der Waals surface area contributed by atoms with Crippen molar-refractivity contribution in [1.82, 2.24) is 0 Å². The van der Waals surface area contributed by atoms with Gasteiger partial charge in [0.15, 0.2) is 33.1 Å². The summed E-state index contributed by atoms with van der Waals surface area (Å²) in [5.41, 5.74) is 5.01. The highest BCUT2D eigenvalue weighted by atomic mass is 32.2. The van der Waals surface area contributed by atoms with Crippen molar-refractivity contribution in [3.8, 4) is 0 Å². The number of nitrogens with two attached hydrogens (primary N) is 1. The molecule has 3 nitrogen and oxygen atoms in total. The van der Waals surface area contributed by atoms with Gasteiger partial charge in [0.1, 0.15) is 4.90 Å². The molecule has 1 aromatic carbocycles. The van der Waals surface area contributed by atoms with E-state index in [1.54, 1.807) is 0 Å². The van der Waals surface area contributed by atoms with Crippen LogP contribution in [0.4, 0.5) is 22.0 Å². The van der Waals surface area contributed by atoms with Crippen LogP contribution in [-0.2, 0) is 9.84 Å². The minimum Gasteiger partial charge on any atom is -0.330 e. The average Bonchev–Trinajstić information content (AvgIpc) is 2.31. The second-order valence-corrected chi connectivity index (χ2v) is 5.41. The summed E-state index contributed by atoms with van der Waals surface area (Å²) in [5, 5.41) is 0. The third-order valence-electron chi connectivity index (χ3n) is 2.10. The Morgan fingerprint density at radius 1 is 0.833 bits per heavy atom. The molecule has 0 unspecified atom stereocenters. The lowest BCUT2D eigenvalue weighted by atomic mass is 10.3. The van der Waals surface area contributed by atoms with Crippen LogP contribution >= 0.6 is 0 Å². The Balaban J connectivity index is 3.52. The van der Waals surface area contributed by atoms with Crippen molar-refractivity contribution in [3.05, 3.63) is 29.1 Å². The molecule has 0 radical (unpaired) electrons. The summed E-state index contributed by atoms with van der Waals surface area (Å²) in [5.74, 6) is -12.5. The molecule has 0 heterocycles. The molecule has 18 heavy (non-hydrogen) atoms. The highest BCUT2D eigenvalue weighted by molar-refractivity contribution is 7.91. The maximum Gasteiger partial charge on any atom is 0.200 e. The Hall–Kier alpha value is -1.22. The maximum atomic E-state index is 13.2. The standard InChI is InChI=1S/C9H8F5NO2S/c10-4-5(11)7(13)9(8(14)6(4)12)18(16,17)3-1-2-15/h1-3,15H2. The first-order chi connectivity index (χ1) is 8.24. The lowest BCUT2D eigenvalue weighted by Gasteiger charge is -2.08. The van der Waals surface area contributed by atoms with Crippen molar-refractivity contribution in [1.29, 1.82) is 0 Å². The van der Waals surface area contributed by atoms with Crippen molar-refractivity contribution >= 4 is 9.84 Å². The van der Waals surface area contributed by atoms with E-state index in [9.17, 15) is 30.4 Å². The van der Waals surface area contributed by atoms with E-state index in [1.165, 1.54) is 0 Å². The summed E-state index contributed by atoms with van der Waals surface area (Å²) < 4.78 is 87.6. The zero-order valence-electron chi connectivity index (χ0n) is 8.81. The van der Waals surface area contributed by atoms with E-state index in [2.05, 4.69) is 0 Å². The zero-order valence-corrected chi connectivity index (χ0v) is 9.63. The summed E-state index contributed by atoms with van der Waals surface area (Å²) in [7, 11) is -4.62. The molecule has 0 saturated carbocycles. The largest absolute Gasteiger partial charge is 0.330 e. The topological polar surface area (TPSA) is 60.2 Å². The predicted octanol–water partition coefficient (Wildman–Crippen LogP) is 1.50. The molecular formula is C9H8F5NO2S. The van der Waals surface area contributed by atoms with Crippen LogP contribution in [-0.4, -0.2) is 20.7 Å². The van der Waals surface area contributed by atoms with Gasteiger partial charge in [-0.05, 0) is 13.0 Å². The first-order valence-electron chi connectivity index (χ1n) is 4.68. The van der Waals surface area contributed by atoms with Gasteiger partial charge in [0.25, 0.3) is 0 Å². The van der Waals surface area contributed by atoms with Gasteiger partial charge in [-0.25, -0.2) is 30.4 Å². The van der Waals surface area contributed by atoms with Gasteiger partial charge in [-0.2, -0.15) is 0 Å². The molecule has 9 heteroatoms. The predicted molar refractivity (Wildman–Crippen MR) is 52.0 cm³/mol. The molecule has 0 fully saturated rings. The van der Waals surface area contributed by atoms with Gasteiger partial charge in [-0.3, -0.25) is 0 Å². The molecule has 0 aliphatic rings. The molecule has 0 aliphatic heterocycles. The van der Waals surface area contributed by atoms with E-state index in [0.717, 1.165) is 0 Å². The van der Waals surface area contributed by atoms with Crippen molar-refractivity contribution < 1.29 is 30.4 Å². The Bertz CT molecular complexity index is 544. The second kappa shape index (κ2) is 5.19. The molecule has 0 bridgehead atoms. The third-order valence-corrected chi connectivity index (χ3v) is 3.90. The summed E-state index contributed by atoms with van der Waals surface area (Å²) in [4.78, 5) is -1.81. The molecule has 1 rings (SSSR count). The van der Waals surface area contributed by atoms with Crippen LogP contribution in [0.3, 0.4) is 0 Å². The summed E-state index contributed by atoms with van der Waals surface area (Å²) in [6, 6.07) is 0. The Labute approximate surface area is 99.3 Å². The number of sulfone groups is 1. The quantitative estimate of drug-likeness (QED) is 0.395. The molecule has 1 aromatic rings. The summed E-state index contributed by atoms with van der Waals surface area (Å²) in [6.07, 6.45) is -0.165. The van der Waals surface area contributed by atoms with E-state index in [0.29, 0.717) is 0 Å². The minimum atomic E-state index is -4.62. The van der Waals surface area contributed by atoms with Crippen LogP contribution in [0.15, 0.2) is 4.90 Å². The molecule has 0 spiro atoms. The number of benzene rings is 1. The first kappa shape index (κ1) is 14.8. The Morgan fingerprint density at radius 2 is 1.22 bits per heavy atom. The van der Waals surface area contributed by atoms with Gasteiger partial charge in [0.2, 0.25) is 5.82 Å². The first-order valence-corrected chi connectivity index (χ1v) is 6.33. The van der Waals surface area contributed by atoms with Gasteiger partial charge in [0, 0.05) is 0 Å². The fraction of sp³-hybridized carbons (Fsp3) is 0.333. The number of rotatable bonds is 4. The number of halogens is 5. The number of hydrogen-bond acceptors (Lipinski definition) is 3. The normalized spacial score (nSPS) is 11.9. The van der Waals surface area contributed by atoms with Gasteiger partial charge < -0.3 is 5.73 Å². The lowest BCUT2D eigenvalue weighted by Crippen LogP contribution is -2.17. The molecule has 0 atom stereocenters. The Kier molecular flexibility index (Phi) is 4.28. The van der Waals surface area contributed by atoms with E-state index in [1.807, 2.05) is 0 Å². The van der Waals surface area contributed by atoms with Crippen molar-refractivity contribution in [2.45, 2.75) is 11.3 Å². The molecule has 0 aromatic heterocycles. The van der Waals surface area contributed by atoms with E-state index < -0.39 is 49.6 Å². The zero-order chi connectivity index (χ0) is 14.1. The smallest absolute Gasteiger partial charge is 0.200 e. The van der Waals surface area contributed by atoms with Gasteiger partial charge in [0.05, 0.1) is 5.75 Å². The molecule has 102 valence electrons. The van der Waals surface area contributed by atoms with E-state index >= 15 is 0 Å². The van der Waals surface area contributed by atoms with Crippen molar-refractivity contribution in [2.24, 2.45) is 5.73 Å². The monoisotopic (exact) mass is 289 g/mol. The van der Waals surface area contributed by atoms with Gasteiger partial charge >= 0.3 is 0 Å². The third kappa shape index (κ3) is 2.46. The van der Waals surface area contributed by atoms with Crippen LogP contribution < -0.4 is 5.73 Å². The molecular weight excluding hydrogens is 281 g/mol.